The van der Waals surface area contributed by atoms with Crippen molar-refractivity contribution < 1.29 is 14.3 Å². The largest absolute Gasteiger partial charge is 0.353 e. The van der Waals surface area contributed by atoms with Crippen LogP contribution in [0.15, 0.2) is 0 Å². The molecule has 3 saturated carbocycles. The minimum atomic E-state index is 0.00404. The summed E-state index contributed by atoms with van der Waals surface area (Å²) >= 11 is 0. The van der Waals surface area contributed by atoms with Crippen LogP contribution < -0.4 is 10.6 Å². The van der Waals surface area contributed by atoms with Crippen LogP contribution in [-0.4, -0.2) is 43.5 Å². The van der Waals surface area contributed by atoms with Gasteiger partial charge in [0.25, 0.3) is 0 Å². The third-order valence-corrected chi connectivity index (χ3v) is 8.93. The third kappa shape index (κ3) is 4.38. The van der Waals surface area contributed by atoms with Gasteiger partial charge in [0.2, 0.25) is 5.91 Å². The maximum Gasteiger partial charge on any atom is 0.223 e. The number of amides is 1. The van der Waals surface area contributed by atoms with Gasteiger partial charge in [0.05, 0.1) is 12.2 Å². The van der Waals surface area contributed by atoms with Gasteiger partial charge in [-0.05, 0) is 108 Å². The molecule has 5 aliphatic rings. The predicted octanol–water partition coefficient (Wildman–Crippen LogP) is 3.47. The Bertz CT molecular complexity index is 581. The van der Waals surface area contributed by atoms with Crippen LogP contribution in [-0.2, 0) is 14.3 Å². The Morgan fingerprint density at radius 3 is 2.28 bits per heavy atom. The maximum absolute atomic E-state index is 12.9. The first-order valence-corrected chi connectivity index (χ1v) is 12.4. The number of carbonyl (C=O) groups excluding carboxylic acids is 1. The summed E-state index contributed by atoms with van der Waals surface area (Å²) in [7, 11) is 0. The van der Waals surface area contributed by atoms with Gasteiger partial charge in [0, 0.05) is 17.9 Å². The fourth-order valence-corrected chi connectivity index (χ4v) is 6.74. The molecule has 29 heavy (non-hydrogen) atoms. The molecular weight excluding hydrogens is 364 g/mol. The molecule has 2 heterocycles. The Morgan fingerprint density at radius 2 is 1.52 bits per heavy atom. The zero-order valence-electron chi connectivity index (χ0n) is 18.3. The van der Waals surface area contributed by atoms with E-state index in [2.05, 4.69) is 24.5 Å². The van der Waals surface area contributed by atoms with Gasteiger partial charge >= 0.3 is 0 Å². The number of fused-ring (bicyclic) bond motifs is 1. The van der Waals surface area contributed by atoms with E-state index < -0.39 is 0 Å². The molecule has 0 bridgehead atoms. The van der Waals surface area contributed by atoms with Crippen molar-refractivity contribution >= 4 is 5.91 Å². The monoisotopic (exact) mass is 404 g/mol. The molecule has 0 aromatic carbocycles. The van der Waals surface area contributed by atoms with E-state index in [0.717, 1.165) is 30.7 Å². The molecule has 2 N–H and O–H groups in total. The number of piperidine rings is 1. The lowest BCUT2D eigenvalue weighted by molar-refractivity contribution is -0.124. The molecule has 6 unspecified atom stereocenters. The summed E-state index contributed by atoms with van der Waals surface area (Å²) in [5, 5.41) is 6.98. The molecular formula is C24H40N2O3. The summed E-state index contributed by atoms with van der Waals surface area (Å²) in [6.45, 7) is 6.57. The molecule has 0 spiro atoms. The Kier molecular flexibility index (Phi) is 5.92. The molecule has 5 rings (SSSR count). The van der Waals surface area contributed by atoms with Crippen molar-refractivity contribution in [3.05, 3.63) is 0 Å². The predicted molar refractivity (Wildman–Crippen MR) is 112 cm³/mol. The Morgan fingerprint density at radius 1 is 0.828 bits per heavy atom. The Labute approximate surface area is 176 Å². The summed E-state index contributed by atoms with van der Waals surface area (Å²) in [5.74, 6) is 4.24. The second-order valence-corrected chi connectivity index (χ2v) is 10.8. The average Bonchev–Trinajstić information content (AvgIpc) is 3.47. The van der Waals surface area contributed by atoms with Gasteiger partial charge in [-0.1, -0.05) is 0 Å². The van der Waals surface area contributed by atoms with E-state index in [4.69, 9.17) is 9.47 Å². The molecule has 0 aromatic rings. The molecule has 164 valence electrons. The molecule has 2 saturated heterocycles. The van der Waals surface area contributed by atoms with E-state index >= 15 is 0 Å². The summed E-state index contributed by atoms with van der Waals surface area (Å²) in [4.78, 5) is 12.9. The van der Waals surface area contributed by atoms with Gasteiger partial charge in [0.15, 0.2) is 6.29 Å². The van der Waals surface area contributed by atoms with Crippen LogP contribution in [0.2, 0.25) is 0 Å². The van der Waals surface area contributed by atoms with Gasteiger partial charge in [-0.15, -0.1) is 0 Å². The zero-order valence-corrected chi connectivity index (χ0v) is 18.3. The highest BCUT2D eigenvalue weighted by Gasteiger charge is 2.49. The van der Waals surface area contributed by atoms with E-state index in [1.807, 2.05) is 0 Å². The standard InChI is InChI=1S/C24H40N2O3/c1-14-15(2)29-24(28-14)17-5-3-16(4-6-17)21-12-22(21)23(27)26-20-8-7-19-13-25-10-9-18(19)11-20/h14-22,24-25H,3-13H2,1-2H3,(H,26,27)/t14-,15+,16?,17?,18?,19?,20?,21?,22?,24?. The lowest BCUT2D eigenvalue weighted by atomic mass is 9.73. The van der Waals surface area contributed by atoms with E-state index in [-0.39, 0.29) is 18.5 Å². The number of hydrogen-bond donors (Lipinski definition) is 2. The van der Waals surface area contributed by atoms with Gasteiger partial charge in [-0.25, -0.2) is 0 Å². The summed E-state index contributed by atoms with van der Waals surface area (Å²) in [6.07, 6.45) is 11.4. The maximum atomic E-state index is 12.9. The molecule has 5 fully saturated rings. The number of carbonyl (C=O) groups is 1. The van der Waals surface area contributed by atoms with Crippen LogP contribution in [0.4, 0.5) is 0 Å². The van der Waals surface area contributed by atoms with Crippen LogP contribution >= 0.6 is 0 Å². The van der Waals surface area contributed by atoms with Gasteiger partial charge in [-0.2, -0.15) is 0 Å². The minimum absolute atomic E-state index is 0.00404. The van der Waals surface area contributed by atoms with Crippen LogP contribution in [0.1, 0.15) is 71.6 Å². The number of nitrogens with one attached hydrogen (secondary N) is 2. The fraction of sp³-hybridized carbons (Fsp3) is 0.958. The lowest BCUT2D eigenvalue weighted by Gasteiger charge is -2.39. The Balaban J connectivity index is 1.05. The van der Waals surface area contributed by atoms with Crippen molar-refractivity contribution in [1.82, 2.24) is 10.6 Å². The number of hydrogen-bond acceptors (Lipinski definition) is 4. The van der Waals surface area contributed by atoms with Crippen molar-refractivity contribution in [2.45, 2.75) is 96.2 Å². The molecule has 2 aliphatic heterocycles. The summed E-state index contributed by atoms with van der Waals surface area (Å²) < 4.78 is 12.0. The van der Waals surface area contributed by atoms with E-state index in [1.165, 1.54) is 57.9 Å². The van der Waals surface area contributed by atoms with Gasteiger partial charge in [-0.3, -0.25) is 4.79 Å². The normalized spacial score (nSPS) is 50.0. The second-order valence-electron chi connectivity index (χ2n) is 10.8. The van der Waals surface area contributed by atoms with E-state index in [1.54, 1.807) is 0 Å². The highest BCUT2D eigenvalue weighted by Crippen LogP contribution is 2.51. The average molecular weight is 405 g/mol. The van der Waals surface area contributed by atoms with Crippen molar-refractivity contribution in [3.63, 3.8) is 0 Å². The van der Waals surface area contributed by atoms with E-state index in [0.29, 0.717) is 29.7 Å². The van der Waals surface area contributed by atoms with Crippen LogP contribution in [0.25, 0.3) is 0 Å². The molecule has 5 heteroatoms. The van der Waals surface area contributed by atoms with Gasteiger partial charge in [0.1, 0.15) is 0 Å². The number of rotatable bonds is 4. The molecule has 1 amide bonds. The first-order valence-electron chi connectivity index (χ1n) is 12.4. The zero-order chi connectivity index (χ0) is 20.0. The van der Waals surface area contributed by atoms with Crippen molar-refractivity contribution in [1.29, 1.82) is 0 Å². The quantitative estimate of drug-likeness (QED) is 0.753. The molecule has 8 atom stereocenters. The first-order chi connectivity index (χ1) is 14.1. The summed E-state index contributed by atoms with van der Waals surface area (Å²) in [5.41, 5.74) is 0. The van der Waals surface area contributed by atoms with Crippen molar-refractivity contribution in [2.75, 3.05) is 13.1 Å². The minimum Gasteiger partial charge on any atom is -0.353 e. The number of ether oxygens (including phenoxy) is 2. The molecule has 5 nitrogen and oxygen atoms in total. The van der Waals surface area contributed by atoms with Crippen LogP contribution in [0, 0.1) is 35.5 Å². The highest BCUT2D eigenvalue weighted by atomic mass is 16.7. The van der Waals surface area contributed by atoms with Crippen molar-refractivity contribution in [2.24, 2.45) is 35.5 Å². The first kappa shape index (κ1) is 20.3. The smallest absolute Gasteiger partial charge is 0.223 e. The van der Waals surface area contributed by atoms with Crippen molar-refractivity contribution in [3.8, 4) is 0 Å². The van der Waals surface area contributed by atoms with Crippen LogP contribution in [0.5, 0.6) is 0 Å². The highest BCUT2D eigenvalue weighted by molar-refractivity contribution is 5.81. The Hall–Kier alpha value is -0.650. The lowest BCUT2D eigenvalue weighted by Crippen LogP contribution is -2.46. The molecule has 3 aliphatic carbocycles. The van der Waals surface area contributed by atoms with Gasteiger partial charge < -0.3 is 20.1 Å². The fourth-order valence-electron chi connectivity index (χ4n) is 6.74. The molecule has 0 radical (unpaired) electrons. The summed E-state index contributed by atoms with van der Waals surface area (Å²) in [6, 6.07) is 0.430. The third-order valence-electron chi connectivity index (χ3n) is 8.93. The second kappa shape index (κ2) is 8.47. The topological polar surface area (TPSA) is 59.6 Å². The van der Waals surface area contributed by atoms with Crippen LogP contribution in [0.3, 0.4) is 0 Å². The molecule has 0 aromatic heterocycles. The van der Waals surface area contributed by atoms with E-state index in [9.17, 15) is 4.79 Å². The SMILES string of the molecule is C[C@@H]1OC(C2CCC(C3CC3C(=O)NC3CCC4CNCCC4C3)CC2)O[C@@H]1C.